The van der Waals surface area contributed by atoms with Crippen LogP contribution < -0.4 is 0 Å². The molecule has 42 heavy (non-hydrogen) atoms. The number of hydrogen-bond donors (Lipinski definition) is 0. The Morgan fingerprint density at radius 1 is 0.548 bits per heavy atom. The minimum absolute atomic E-state index is 0.418. The summed E-state index contributed by atoms with van der Waals surface area (Å²) in [5.74, 6) is 0. The van der Waals surface area contributed by atoms with Gasteiger partial charge in [0.1, 0.15) is 6.07 Å². The molecule has 0 fully saturated rings. The van der Waals surface area contributed by atoms with Crippen LogP contribution in [-0.2, 0) is 6.18 Å². The van der Waals surface area contributed by atoms with Crippen molar-refractivity contribution in [3.05, 3.63) is 132 Å². The molecule has 0 aliphatic carbocycles. The number of fused-ring (bicyclic) bond motifs is 8. The van der Waals surface area contributed by atoms with Crippen molar-refractivity contribution in [1.29, 1.82) is 5.26 Å². The summed E-state index contributed by atoms with van der Waals surface area (Å²) in [5, 5.41) is 16.4. The molecule has 8 rings (SSSR count). The molecule has 200 valence electrons. The number of para-hydroxylation sites is 2. The second-order valence-electron chi connectivity index (χ2n) is 10.4. The van der Waals surface area contributed by atoms with E-state index in [0.29, 0.717) is 22.5 Å². The minimum atomic E-state index is -4.47. The van der Waals surface area contributed by atoms with Gasteiger partial charge in [-0.25, -0.2) is 0 Å². The first-order chi connectivity index (χ1) is 20.4. The van der Waals surface area contributed by atoms with E-state index in [0.717, 1.165) is 54.9 Å². The van der Waals surface area contributed by atoms with Crippen molar-refractivity contribution in [3.63, 3.8) is 0 Å². The molecule has 0 aliphatic rings. The summed E-state index contributed by atoms with van der Waals surface area (Å²) in [4.78, 5) is 0. The predicted octanol–water partition coefficient (Wildman–Crippen LogP) is 9.92. The quantitative estimate of drug-likeness (QED) is 0.210. The van der Waals surface area contributed by atoms with Crippen molar-refractivity contribution in [2.24, 2.45) is 0 Å². The van der Waals surface area contributed by atoms with Crippen LogP contribution in [-0.4, -0.2) is 9.13 Å². The second kappa shape index (κ2) is 8.73. The molecule has 2 heterocycles. The number of alkyl halides is 3. The number of nitriles is 1. The van der Waals surface area contributed by atoms with Gasteiger partial charge < -0.3 is 9.13 Å². The third kappa shape index (κ3) is 3.40. The highest BCUT2D eigenvalue weighted by molar-refractivity contribution is 6.21. The Labute approximate surface area is 237 Å². The smallest absolute Gasteiger partial charge is 0.309 e. The molecular formula is C36H20F3N3. The number of halogens is 3. The zero-order valence-electron chi connectivity index (χ0n) is 22.0. The first-order valence-corrected chi connectivity index (χ1v) is 13.5. The highest BCUT2D eigenvalue weighted by atomic mass is 19.4. The third-order valence-electron chi connectivity index (χ3n) is 8.16. The van der Waals surface area contributed by atoms with Crippen LogP contribution in [0.5, 0.6) is 0 Å². The maximum absolute atomic E-state index is 13.7. The standard InChI is InChI=1S/C36H20F3N3/c37-36(38,39)24-14-16-28-27-9-3-5-11-31(27)41(34(28)20-24)25-15-18-30(23(19-25)21-40)42-32-12-6-4-10-29(32)35-26-8-2-1-7-22(26)13-17-33(35)42/h1-20H. The molecule has 6 aromatic carbocycles. The summed E-state index contributed by atoms with van der Waals surface area (Å²) in [6.07, 6.45) is -4.47. The monoisotopic (exact) mass is 551 g/mol. The Bertz CT molecular complexity index is 2420. The van der Waals surface area contributed by atoms with Gasteiger partial charge in [0.2, 0.25) is 0 Å². The van der Waals surface area contributed by atoms with Crippen molar-refractivity contribution in [2.45, 2.75) is 6.18 Å². The van der Waals surface area contributed by atoms with Gasteiger partial charge in [0.25, 0.3) is 0 Å². The van der Waals surface area contributed by atoms with Crippen LogP contribution in [0.4, 0.5) is 13.2 Å². The average molecular weight is 552 g/mol. The van der Waals surface area contributed by atoms with E-state index in [4.69, 9.17) is 0 Å². The lowest BCUT2D eigenvalue weighted by molar-refractivity contribution is -0.137. The fourth-order valence-electron chi connectivity index (χ4n) is 6.37. The van der Waals surface area contributed by atoms with Crippen LogP contribution in [0, 0.1) is 11.3 Å². The minimum Gasteiger partial charge on any atom is -0.309 e. The Kier molecular flexibility index (Phi) is 5.04. The molecule has 0 amide bonds. The SMILES string of the molecule is N#Cc1cc(-n2c3ccccc3c3ccc(C(F)(F)F)cc32)ccc1-n1c2ccccc2c2c3ccccc3ccc21. The van der Waals surface area contributed by atoms with Gasteiger partial charge in [-0.3, -0.25) is 0 Å². The van der Waals surface area contributed by atoms with Crippen LogP contribution in [0.15, 0.2) is 121 Å². The fourth-order valence-corrected chi connectivity index (χ4v) is 6.37. The molecule has 0 radical (unpaired) electrons. The van der Waals surface area contributed by atoms with E-state index in [2.05, 4.69) is 41.0 Å². The van der Waals surface area contributed by atoms with Gasteiger partial charge in [0.05, 0.1) is 38.9 Å². The molecule has 0 N–H and O–H groups in total. The van der Waals surface area contributed by atoms with Crippen LogP contribution in [0.3, 0.4) is 0 Å². The van der Waals surface area contributed by atoms with Crippen molar-refractivity contribution >= 4 is 54.4 Å². The summed E-state index contributed by atoms with van der Waals surface area (Å²) >= 11 is 0. The van der Waals surface area contributed by atoms with Crippen LogP contribution in [0.1, 0.15) is 11.1 Å². The zero-order chi connectivity index (χ0) is 28.6. The molecule has 0 unspecified atom stereocenters. The zero-order valence-corrected chi connectivity index (χ0v) is 22.0. The van der Waals surface area contributed by atoms with E-state index in [1.54, 1.807) is 6.07 Å². The number of nitrogens with zero attached hydrogens (tertiary/aromatic N) is 3. The summed E-state index contributed by atoms with van der Waals surface area (Å²) in [6, 6.07) is 39.8. The second-order valence-corrected chi connectivity index (χ2v) is 10.4. The topological polar surface area (TPSA) is 33.6 Å². The van der Waals surface area contributed by atoms with Crippen molar-refractivity contribution in [3.8, 4) is 17.4 Å². The summed E-state index contributed by atoms with van der Waals surface area (Å²) in [6.45, 7) is 0. The normalized spacial score (nSPS) is 12.1. The average Bonchev–Trinajstić information content (AvgIpc) is 3.53. The highest BCUT2D eigenvalue weighted by Crippen LogP contribution is 2.40. The van der Waals surface area contributed by atoms with Crippen molar-refractivity contribution in [2.75, 3.05) is 0 Å². The first kappa shape index (κ1) is 24.3. The molecule has 8 aromatic rings. The lowest BCUT2D eigenvalue weighted by Gasteiger charge is -2.14. The molecule has 2 aromatic heterocycles. The molecule has 0 saturated heterocycles. The highest BCUT2D eigenvalue weighted by Gasteiger charge is 2.31. The van der Waals surface area contributed by atoms with E-state index in [1.165, 1.54) is 12.1 Å². The molecule has 0 aliphatic heterocycles. The van der Waals surface area contributed by atoms with Gasteiger partial charge in [-0.05, 0) is 59.3 Å². The largest absolute Gasteiger partial charge is 0.416 e. The molecule has 0 spiro atoms. The molecule has 0 atom stereocenters. The van der Waals surface area contributed by atoms with Gasteiger partial charge in [-0.1, -0.05) is 72.8 Å². The maximum Gasteiger partial charge on any atom is 0.416 e. The summed E-state index contributed by atoms with van der Waals surface area (Å²) in [7, 11) is 0. The first-order valence-electron chi connectivity index (χ1n) is 13.5. The number of benzene rings is 6. The lowest BCUT2D eigenvalue weighted by Crippen LogP contribution is -2.05. The van der Waals surface area contributed by atoms with Crippen molar-refractivity contribution in [1.82, 2.24) is 9.13 Å². The molecule has 3 nitrogen and oxygen atoms in total. The van der Waals surface area contributed by atoms with E-state index in [1.807, 2.05) is 71.3 Å². The summed E-state index contributed by atoms with van der Waals surface area (Å²) < 4.78 is 45.1. The van der Waals surface area contributed by atoms with Gasteiger partial charge in [0.15, 0.2) is 0 Å². The van der Waals surface area contributed by atoms with Crippen LogP contribution in [0.2, 0.25) is 0 Å². The molecule has 0 saturated carbocycles. The van der Waals surface area contributed by atoms with Gasteiger partial charge in [0, 0.05) is 27.2 Å². The summed E-state index contributed by atoms with van der Waals surface area (Å²) in [5.41, 5.74) is 4.19. The maximum atomic E-state index is 13.7. The van der Waals surface area contributed by atoms with Crippen molar-refractivity contribution < 1.29 is 13.2 Å². The van der Waals surface area contributed by atoms with E-state index >= 15 is 0 Å². The van der Waals surface area contributed by atoms with Crippen LogP contribution in [0.25, 0.3) is 65.8 Å². The molecule has 0 bridgehead atoms. The molecule has 6 heteroatoms. The van der Waals surface area contributed by atoms with E-state index in [9.17, 15) is 18.4 Å². The Balaban J connectivity index is 1.42. The van der Waals surface area contributed by atoms with Crippen LogP contribution >= 0.6 is 0 Å². The lowest BCUT2D eigenvalue weighted by atomic mass is 10.0. The Morgan fingerprint density at radius 3 is 1.98 bits per heavy atom. The van der Waals surface area contributed by atoms with E-state index < -0.39 is 11.7 Å². The Morgan fingerprint density at radius 2 is 1.21 bits per heavy atom. The van der Waals surface area contributed by atoms with E-state index in [-0.39, 0.29) is 0 Å². The number of hydrogen-bond acceptors (Lipinski definition) is 1. The number of aromatic nitrogens is 2. The van der Waals surface area contributed by atoms with Gasteiger partial charge in [-0.2, -0.15) is 18.4 Å². The van der Waals surface area contributed by atoms with Gasteiger partial charge in [-0.15, -0.1) is 0 Å². The third-order valence-corrected chi connectivity index (χ3v) is 8.16. The number of rotatable bonds is 2. The molecular weight excluding hydrogens is 531 g/mol. The fraction of sp³-hybridized carbons (Fsp3) is 0.0278. The van der Waals surface area contributed by atoms with Gasteiger partial charge >= 0.3 is 6.18 Å². The predicted molar refractivity (Wildman–Crippen MR) is 162 cm³/mol. The Hall–Kier alpha value is -5.54.